The third-order valence-corrected chi connectivity index (χ3v) is 6.67. The van der Waals surface area contributed by atoms with E-state index in [9.17, 15) is 9.90 Å². The van der Waals surface area contributed by atoms with Gasteiger partial charge in [-0.2, -0.15) is 0 Å². The molecule has 0 aromatic heterocycles. The molecule has 1 saturated carbocycles. The van der Waals surface area contributed by atoms with Gasteiger partial charge in [-0.15, -0.1) is 0 Å². The number of hydrogen-bond acceptors (Lipinski definition) is 5. The molecule has 1 aliphatic heterocycles. The van der Waals surface area contributed by atoms with Gasteiger partial charge in [-0.25, -0.2) is 0 Å². The maximum Gasteiger partial charge on any atom is 0.311 e. The van der Waals surface area contributed by atoms with Crippen molar-refractivity contribution in [3.8, 4) is 0 Å². The molecule has 0 amide bonds. The molecule has 5 nitrogen and oxygen atoms in total. The summed E-state index contributed by atoms with van der Waals surface area (Å²) in [5.41, 5.74) is 1.08. The summed E-state index contributed by atoms with van der Waals surface area (Å²) in [6.07, 6.45) is 4.58. The highest BCUT2D eigenvalue weighted by atomic mass is 16.6. The van der Waals surface area contributed by atoms with Crippen molar-refractivity contribution in [1.29, 1.82) is 0 Å². The first-order chi connectivity index (χ1) is 11.4. The molecule has 1 heterocycles. The van der Waals surface area contributed by atoms with E-state index in [1.165, 1.54) is 5.57 Å². The van der Waals surface area contributed by atoms with Gasteiger partial charge in [-0.3, -0.25) is 4.79 Å². The Morgan fingerprint density at radius 3 is 2.92 bits per heavy atom. The van der Waals surface area contributed by atoms with Crippen LogP contribution in [0.25, 0.3) is 0 Å². The first-order valence-electron chi connectivity index (χ1n) is 9.29. The summed E-state index contributed by atoms with van der Waals surface area (Å²) in [6.45, 7) is 6.78. The predicted molar refractivity (Wildman–Crippen MR) is 93.5 cm³/mol. The van der Waals surface area contributed by atoms with E-state index in [0.717, 1.165) is 32.4 Å². The number of likely N-dealkylation sites (N-methyl/N-ethyl adjacent to an activating group) is 1. The van der Waals surface area contributed by atoms with Crippen molar-refractivity contribution in [2.75, 3.05) is 33.7 Å². The van der Waals surface area contributed by atoms with E-state index in [-0.39, 0.29) is 29.3 Å². The zero-order valence-electron chi connectivity index (χ0n) is 15.4. The van der Waals surface area contributed by atoms with Crippen LogP contribution in [0, 0.1) is 23.2 Å². The second kappa shape index (κ2) is 6.77. The number of ether oxygens (including phenoxy) is 1. The van der Waals surface area contributed by atoms with Gasteiger partial charge in [0.25, 0.3) is 0 Å². The highest BCUT2D eigenvalue weighted by molar-refractivity contribution is 5.76. The lowest BCUT2D eigenvalue weighted by Gasteiger charge is -2.51. The van der Waals surface area contributed by atoms with Gasteiger partial charge in [0.15, 0.2) is 0 Å². The van der Waals surface area contributed by atoms with E-state index in [1.54, 1.807) is 0 Å². The van der Waals surface area contributed by atoms with E-state index < -0.39 is 6.10 Å². The Morgan fingerprint density at radius 2 is 2.21 bits per heavy atom. The molecule has 1 saturated heterocycles. The van der Waals surface area contributed by atoms with Gasteiger partial charge in [0, 0.05) is 37.4 Å². The molecule has 5 heteroatoms. The smallest absolute Gasteiger partial charge is 0.311 e. The number of hydrogen-bond donors (Lipinski definition) is 2. The van der Waals surface area contributed by atoms with Gasteiger partial charge in [0.1, 0.15) is 6.10 Å². The largest absolute Gasteiger partial charge is 0.461 e. The van der Waals surface area contributed by atoms with Gasteiger partial charge in [0.2, 0.25) is 0 Å². The van der Waals surface area contributed by atoms with Crippen molar-refractivity contribution in [3.63, 3.8) is 0 Å². The normalized spacial score (nSPS) is 41.7. The fraction of sp³-hybridized carbons (Fsp3) is 0.842. The van der Waals surface area contributed by atoms with Crippen LogP contribution in [0.3, 0.4) is 0 Å². The number of nitrogens with one attached hydrogen (secondary N) is 1. The Morgan fingerprint density at radius 1 is 1.46 bits per heavy atom. The summed E-state index contributed by atoms with van der Waals surface area (Å²) in [7, 11) is 4.07. The minimum absolute atomic E-state index is 0.0907. The Kier molecular flexibility index (Phi) is 5.05. The summed E-state index contributed by atoms with van der Waals surface area (Å²) < 4.78 is 5.67. The highest BCUT2D eigenvalue weighted by Crippen LogP contribution is 2.55. The second-order valence-electron chi connectivity index (χ2n) is 8.31. The quantitative estimate of drug-likeness (QED) is 0.452. The molecule has 3 aliphatic rings. The predicted octanol–water partition coefficient (Wildman–Crippen LogP) is 1.42. The Hall–Kier alpha value is -0.910. The molecule has 2 fully saturated rings. The maximum atomic E-state index is 12.4. The van der Waals surface area contributed by atoms with E-state index in [4.69, 9.17) is 4.74 Å². The SMILES string of the molecule is CC1CCC=C2CC3OC(=O)C(CNCCN(C)C)C3C(O)C21C. The fourth-order valence-corrected chi connectivity index (χ4v) is 4.86. The Balaban J connectivity index is 1.74. The maximum absolute atomic E-state index is 12.4. The fourth-order valence-electron chi connectivity index (χ4n) is 4.86. The molecule has 24 heavy (non-hydrogen) atoms. The first-order valence-corrected chi connectivity index (χ1v) is 9.29. The van der Waals surface area contributed by atoms with Gasteiger partial charge >= 0.3 is 5.97 Å². The number of allylic oxidation sites excluding steroid dienone is 1. The molecule has 6 unspecified atom stereocenters. The second-order valence-corrected chi connectivity index (χ2v) is 8.31. The van der Waals surface area contributed by atoms with Gasteiger partial charge in [-0.05, 0) is 32.9 Å². The Bertz CT molecular complexity index is 519. The number of carbonyl (C=O) groups excluding carboxylic acids is 1. The lowest BCUT2D eigenvalue weighted by atomic mass is 9.55. The summed E-state index contributed by atoms with van der Waals surface area (Å²) >= 11 is 0. The molecule has 0 aromatic rings. The topological polar surface area (TPSA) is 61.8 Å². The molecule has 0 radical (unpaired) electrons. The number of fused-ring (bicyclic) bond motifs is 2. The molecule has 3 rings (SSSR count). The minimum atomic E-state index is -0.509. The molecular formula is C19H32N2O3. The third kappa shape index (κ3) is 2.91. The standard InChI is InChI=1S/C19H32N2O3/c1-12-6-5-7-13-10-15-16(17(22)19(12,13)2)14(18(23)24-15)11-20-8-9-21(3)4/h7,12,14-17,20,22H,5-6,8-11H2,1-4H3. The van der Waals surface area contributed by atoms with Gasteiger partial charge < -0.3 is 20.1 Å². The molecular weight excluding hydrogens is 304 g/mol. The average molecular weight is 336 g/mol. The Labute approximate surface area is 145 Å². The molecule has 0 bridgehead atoms. The van der Waals surface area contributed by atoms with Crippen LogP contribution in [-0.2, 0) is 9.53 Å². The van der Waals surface area contributed by atoms with Crippen LogP contribution >= 0.6 is 0 Å². The van der Waals surface area contributed by atoms with E-state index in [0.29, 0.717) is 12.5 Å². The number of aliphatic hydroxyl groups excluding tert-OH is 1. The zero-order valence-corrected chi connectivity index (χ0v) is 15.4. The van der Waals surface area contributed by atoms with Crippen molar-refractivity contribution >= 4 is 5.97 Å². The molecule has 0 spiro atoms. The summed E-state index contributed by atoms with van der Waals surface area (Å²) in [4.78, 5) is 14.5. The highest BCUT2D eigenvalue weighted by Gasteiger charge is 2.59. The lowest BCUT2D eigenvalue weighted by molar-refractivity contribution is -0.144. The first kappa shape index (κ1) is 17.9. The van der Waals surface area contributed by atoms with Gasteiger partial charge in [-0.1, -0.05) is 25.5 Å². The monoisotopic (exact) mass is 336 g/mol. The van der Waals surface area contributed by atoms with E-state index in [1.807, 2.05) is 14.1 Å². The number of carbonyl (C=O) groups is 1. The number of nitrogens with zero attached hydrogens (tertiary/aromatic N) is 1. The van der Waals surface area contributed by atoms with Crippen molar-refractivity contribution in [1.82, 2.24) is 10.2 Å². The summed E-state index contributed by atoms with van der Waals surface area (Å²) in [6, 6.07) is 0. The number of rotatable bonds is 5. The molecule has 2 aliphatic carbocycles. The van der Waals surface area contributed by atoms with Crippen LogP contribution in [0.4, 0.5) is 0 Å². The van der Waals surface area contributed by atoms with E-state index >= 15 is 0 Å². The van der Waals surface area contributed by atoms with Crippen LogP contribution in [-0.4, -0.2) is 61.9 Å². The minimum Gasteiger partial charge on any atom is -0.461 e. The van der Waals surface area contributed by atoms with Crippen LogP contribution in [0.1, 0.15) is 33.1 Å². The van der Waals surface area contributed by atoms with Crippen molar-refractivity contribution in [2.24, 2.45) is 23.2 Å². The lowest BCUT2D eigenvalue weighted by Crippen LogP contribution is -2.54. The van der Waals surface area contributed by atoms with Crippen molar-refractivity contribution in [3.05, 3.63) is 11.6 Å². The van der Waals surface area contributed by atoms with Crippen molar-refractivity contribution < 1.29 is 14.6 Å². The van der Waals surface area contributed by atoms with Crippen LogP contribution in [0.15, 0.2) is 11.6 Å². The van der Waals surface area contributed by atoms with E-state index in [2.05, 4.69) is 30.1 Å². The average Bonchev–Trinajstić information content (AvgIpc) is 2.83. The summed E-state index contributed by atoms with van der Waals surface area (Å²) in [5, 5.41) is 14.6. The van der Waals surface area contributed by atoms with Crippen LogP contribution in [0.2, 0.25) is 0 Å². The van der Waals surface area contributed by atoms with Crippen LogP contribution in [0.5, 0.6) is 0 Å². The summed E-state index contributed by atoms with van der Waals surface area (Å²) in [5.74, 6) is -0.0323. The van der Waals surface area contributed by atoms with Gasteiger partial charge in [0.05, 0.1) is 12.0 Å². The van der Waals surface area contributed by atoms with Crippen LogP contribution < -0.4 is 5.32 Å². The molecule has 0 aromatic carbocycles. The molecule has 6 atom stereocenters. The zero-order chi connectivity index (χ0) is 17.5. The molecule has 2 N–H and O–H groups in total. The van der Waals surface area contributed by atoms with Crippen molar-refractivity contribution in [2.45, 2.75) is 45.3 Å². The molecule has 136 valence electrons. The number of aliphatic hydroxyl groups is 1. The number of esters is 1. The third-order valence-electron chi connectivity index (χ3n) is 6.67.